The van der Waals surface area contributed by atoms with Crippen molar-refractivity contribution < 1.29 is 19.4 Å². The van der Waals surface area contributed by atoms with E-state index in [1.165, 1.54) is 0 Å². The van der Waals surface area contributed by atoms with Gasteiger partial charge in [-0.15, -0.1) is 0 Å². The fourth-order valence-electron chi connectivity index (χ4n) is 2.87. The lowest BCUT2D eigenvalue weighted by molar-refractivity contribution is -0.148. The first kappa shape index (κ1) is 15.5. The first-order valence-corrected chi connectivity index (χ1v) is 7.16. The fraction of sp³-hybridized carbons (Fsp3) is 0.500. The number of rotatable bonds is 5. The number of carboxylic acids is 1. The monoisotopic (exact) mass is 291 g/mol. The average Bonchev–Trinajstić information content (AvgIpc) is 2.53. The van der Waals surface area contributed by atoms with Crippen molar-refractivity contribution in [1.82, 2.24) is 4.90 Å². The van der Waals surface area contributed by atoms with Gasteiger partial charge in [0.15, 0.2) is 0 Å². The molecular weight excluding hydrogens is 270 g/mol. The van der Waals surface area contributed by atoms with E-state index in [-0.39, 0.29) is 5.91 Å². The Labute approximate surface area is 124 Å². The predicted octanol–water partition coefficient (Wildman–Crippen LogP) is 1.67. The Morgan fingerprint density at radius 2 is 1.86 bits per heavy atom. The van der Waals surface area contributed by atoms with E-state index < -0.39 is 11.4 Å². The minimum absolute atomic E-state index is 0.0314. The lowest BCUT2D eigenvalue weighted by Gasteiger charge is -2.39. The van der Waals surface area contributed by atoms with Crippen molar-refractivity contribution in [2.24, 2.45) is 0 Å². The molecular formula is C16H21NO4. The lowest BCUT2D eigenvalue weighted by atomic mass is 9.73. The Balaban J connectivity index is 2.09. The van der Waals surface area contributed by atoms with Gasteiger partial charge in [-0.1, -0.05) is 30.3 Å². The number of carboxylic acid groups (broad SMARTS) is 1. The third kappa shape index (κ3) is 3.24. The molecule has 0 spiro atoms. The molecule has 1 aliphatic rings. The van der Waals surface area contributed by atoms with Gasteiger partial charge in [0, 0.05) is 20.2 Å². The van der Waals surface area contributed by atoms with Crippen LogP contribution in [-0.4, -0.2) is 48.7 Å². The first-order valence-electron chi connectivity index (χ1n) is 7.16. The summed E-state index contributed by atoms with van der Waals surface area (Å²) < 4.78 is 4.91. The summed E-state index contributed by atoms with van der Waals surface area (Å²) in [6.45, 7) is 1.35. The van der Waals surface area contributed by atoms with Crippen molar-refractivity contribution in [2.45, 2.75) is 24.7 Å². The first-order chi connectivity index (χ1) is 10.1. The fourth-order valence-corrected chi connectivity index (χ4v) is 2.87. The molecule has 0 aromatic heterocycles. The van der Waals surface area contributed by atoms with Gasteiger partial charge in [-0.25, -0.2) is 0 Å². The number of nitrogens with zero attached hydrogens (tertiary/aromatic N) is 1. The Bertz CT molecular complexity index is 492. The zero-order chi connectivity index (χ0) is 15.3. The molecule has 21 heavy (non-hydrogen) atoms. The maximum atomic E-state index is 12.0. The van der Waals surface area contributed by atoms with E-state index in [0.717, 1.165) is 5.56 Å². The summed E-state index contributed by atoms with van der Waals surface area (Å²) in [5.41, 5.74) is -0.0549. The Morgan fingerprint density at radius 3 is 2.38 bits per heavy atom. The van der Waals surface area contributed by atoms with Gasteiger partial charge in [0.05, 0.1) is 18.4 Å². The molecule has 0 unspecified atom stereocenters. The molecule has 1 aliphatic heterocycles. The van der Waals surface area contributed by atoms with Gasteiger partial charge in [-0.3, -0.25) is 9.59 Å². The predicted molar refractivity (Wildman–Crippen MR) is 78.1 cm³/mol. The van der Waals surface area contributed by atoms with Gasteiger partial charge in [0.2, 0.25) is 5.91 Å². The summed E-state index contributed by atoms with van der Waals surface area (Å²) in [4.78, 5) is 25.5. The van der Waals surface area contributed by atoms with Crippen molar-refractivity contribution in [3.05, 3.63) is 35.9 Å². The van der Waals surface area contributed by atoms with E-state index >= 15 is 0 Å². The number of piperidine rings is 1. The van der Waals surface area contributed by atoms with Crippen LogP contribution < -0.4 is 0 Å². The minimum Gasteiger partial charge on any atom is -0.481 e. The van der Waals surface area contributed by atoms with Crippen LogP contribution in [0.1, 0.15) is 24.8 Å². The zero-order valence-corrected chi connectivity index (χ0v) is 12.2. The number of carbonyl (C=O) groups is 2. The number of methoxy groups -OCH3 is 1. The Kier molecular flexibility index (Phi) is 4.96. The lowest BCUT2D eigenvalue weighted by Crippen LogP contribution is -2.49. The summed E-state index contributed by atoms with van der Waals surface area (Å²) in [7, 11) is 1.56. The van der Waals surface area contributed by atoms with E-state index in [1.54, 1.807) is 12.0 Å². The largest absolute Gasteiger partial charge is 0.481 e. The summed E-state index contributed by atoms with van der Waals surface area (Å²) in [5.74, 6) is -0.776. The highest BCUT2D eigenvalue weighted by Gasteiger charge is 2.43. The third-order valence-corrected chi connectivity index (χ3v) is 4.23. The number of carbonyl (C=O) groups excluding carboxylic acids is 1. The number of aliphatic carboxylic acids is 1. The van der Waals surface area contributed by atoms with Gasteiger partial charge in [0.25, 0.3) is 0 Å². The molecule has 1 aromatic carbocycles. The summed E-state index contributed by atoms with van der Waals surface area (Å²) in [6, 6.07) is 9.31. The van der Waals surface area contributed by atoms with E-state index in [4.69, 9.17) is 4.74 Å². The van der Waals surface area contributed by atoms with E-state index in [2.05, 4.69) is 0 Å². The van der Waals surface area contributed by atoms with Crippen LogP contribution in [0.5, 0.6) is 0 Å². The van der Waals surface area contributed by atoms with Crippen LogP contribution in [0.15, 0.2) is 30.3 Å². The highest BCUT2D eigenvalue weighted by atomic mass is 16.5. The molecule has 0 radical (unpaired) electrons. The summed E-state index contributed by atoms with van der Waals surface area (Å²) >= 11 is 0. The number of hydrogen-bond donors (Lipinski definition) is 1. The second-order valence-corrected chi connectivity index (χ2v) is 5.38. The normalized spacial score (nSPS) is 17.5. The number of ether oxygens (including phenoxy) is 1. The van der Waals surface area contributed by atoms with Crippen molar-refractivity contribution in [1.29, 1.82) is 0 Å². The molecule has 5 heteroatoms. The van der Waals surface area contributed by atoms with Gasteiger partial charge in [-0.05, 0) is 18.4 Å². The third-order valence-electron chi connectivity index (χ3n) is 4.23. The second-order valence-electron chi connectivity index (χ2n) is 5.38. The van der Waals surface area contributed by atoms with Crippen molar-refractivity contribution >= 4 is 11.9 Å². The van der Waals surface area contributed by atoms with Crippen LogP contribution in [0.3, 0.4) is 0 Å². The topological polar surface area (TPSA) is 66.8 Å². The zero-order valence-electron chi connectivity index (χ0n) is 12.2. The number of benzene rings is 1. The van der Waals surface area contributed by atoms with E-state index in [9.17, 15) is 14.7 Å². The minimum atomic E-state index is -0.876. The van der Waals surface area contributed by atoms with Crippen LogP contribution in [0.25, 0.3) is 0 Å². The molecule has 0 bridgehead atoms. The molecule has 1 amide bonds. The molecule has 114 valence electrons. The molecule has 5 nitrogen and oxygen atoms in total. The molecule has 0 saturated carbocycles. The van der Waals surface area contributed by atoms with Gasteiger partial charge < -0.3 is 14.7 Å². The Hall–Kier alpha value is -1.88. The van der Waals surface area contributed by atoms with Gasteiger partial charge >= 0.3 is 5.97 Å². The van der Waals surface area contributed by atoms with Crippen LogP contribution in [0.4, 0.5) is 0 Å². The number of likely N-dealkylation sites (tertiary alicyclic amines) is 1. The van der Waals surface area contributed by atoms with E-state index in [1.807, 2.05) is 30.3 Å². The molecule has 1 saturated heterocycles. The second kappa shape index (κ2) is 6.72. The van der Waals surface area contributed by atoms with Gasteiger partial charge in [0.1, 0.15) is 0 Å². The molecule has 1 aromatic rings. The van der Waals surface area contributed by atoms with Gasteiger partial charge in [-0.2, -0.15) is 0 Å². The molecule has 1 heterocycles. The van der Waals surface area contributed by atoms with Crippen LogP contribution >= 0.6 is 0 Å². The number of hydrogen-bond acceptors (Lipinski definition) is 3. The maximum absolute atomic E-state index is 12.0. The molecule has 2 rings (SSSR count). The molecule has 0 aliphatic carbocycles. The standard InChI is InChI=1S/C16H21NO4/c1-21-12-7-14(18)17-10-8-16(9-11-17,15(19)20)13-5-3-2-4-6-13/h2-6H,7-12H2,1H3,(H,19,20). The highest BCUT2D eigenvalue weighted by Crippen LogP contribution is 2.36. The SMILES string of the molecule is COCCC(=O)N1CCC(C(=O)O)(c2ccccc2)CC1. The molecule has 1 fully saturated rings. The molecule has 0 atom stereocenters. The van der Waals surface area contributed by atoms with Crippen molar-refractivity contribution in [3.8, 4) is 0 Å². The summed E-state index contributed by atoms with van der Waals surface area (Å²) in [5, 5.41) is 9.69. The van der Waals surface area contributed by atoms with Crippen molar-refractivity contribution in [2.75, 3.05) is 26.8 Å². The molecule has 1 N–H and O–H groups in total. The highest BCUT2D eigenvalue weighted by molar-refractivity contribution is 5.82. The van der Waals surface area contributed by atoms with Crippen LogP contribution in [0.2, 0.25) is 0 Å². The van der Waals surface area contributed by atoms with E-state index in [0.29, 0.717) is 39.0 Å². The maximum Gasteiger partial charge on any atom is 0.314 e. The summed E-state index contributed by atoms with van der Waals surface area (Å²) in [6.07, 6.45) is 1.25. The quantitative estimate of drug-likeness (QED) is 0.896. The number of amides is 1. The van der Waals surface area contributed by atoms with Crippen LogP contribution in [0, 0.1) is 0 Å². The van der Waals surface area contributed by atoms with Crippen molar-refractivity contribution in [3.63, 3.8) is 0 Å². The Morgan fingerprint density at radius 1 is 1.24 bits per heavy atom. The van der Waals surface area contributed by atoms with Crippen LogP contribution in [-0.2, 0) is 19.7 Å². The average molecular weight is 291 g/mol. The smallest absolute Gasteiger partial charge is 0.314 e.